The number of carbonyl (C=O) groups excluding carboxylic acids is 1. The van der Waals surface area contributed by atoms with Crippen molar-refractivity contribution < 1.29 is 14.0 Å². The lowest BCUT2D eigenvalue weighted by molar-refractivity contribution is -0.156. The van der Waals surface area contributed by atoms with Crippen molar-refractivity contribution in [3.8, 4) is 5.75 Å². The average molecular weight is 352 g/mol. The summed E-state index contributed by atoms with van der Waals surface area (Å²) >= 11 is 0. The Morgan fingerprint density at radius 3 is 2.00 bits per heavy atom. The number of nitrogens with two attached hydrogens (primary N) is 1. The SMILES string of the molecule is CC(C)(C)OC(=O)[C@@H](N)Cc1ccc(O[Si](C)(C)C(C)(C)C)cc1. The largest absolute Gasteiger partial charge is 0.544 e. The molecule has 4 nitrogen and oxygen atoms in total. The fourth-order valence-corrected chi connectivity index (χ4v) is 2.89. The normalized spacial score (nSPS) is 14.2. The number of hydrogen-bond donors (Lipinski definition) is 1. The summed E-state index contributed by atoms with van der Waals surface area (Å²) in [5.74, 6) is 0.500. The standard InChI is InChI=1S/C19H33NO3Si/c1-18(2,3)22-17(21)16(20)13-14-9-11-15(12-10-14)23-24(7,8)19(4,5)6/h9-12,16H,13,20H2,1-8H3/t16-/m0/s1. The summed E-state index contributed by atoms with van der Waals surface area (Å²) < 4.78 is 11.6. The minimum absolute atomic E-state index is 0.157. The summed E-state index contributed by atoms with van der Waals surface area (Å²) in [6.45, 7) is 16.6. The Morgan fingerprint density at radius 2 is 1.58 bits per heavy atom. The van der Waals surface area contributed by atoms with Crippen molar-refractivity contribution in [2.45, 2.75) is 77.7 Å². The van der Waals surface area contributed by atoms with Crippen LogP contribution in [0.3, 0.4) is 0 Å². The number of hydrogen-bond acceptors (Lipinski definition) is 4. The Labute approximate surface area is 147 Å². The van der Waals surface area contributed by atoms with E-state index < -0.39 is 20.0 Å². The summed E-state index contributed by atoms with van der Waals surface area (Å²) in [6.07, 6.45) is 0.454. The van der Waals surface area contributed by atoms with E-state index in [0.717, 1.165) is 11.3 Å². The highest BCUT2D eigenvalue weighted by molar-refractivity contribution is 6.74. The summed E-state index contributed by atoms with van der Waals surface area (Å²) in [5, 5.41) is 0.157. The summed E-state index contributed by atoms with van der Waals surface area (Å²) in [5.41, 5.74) is 6.43. The van der Waals surface area contributed by atoms with Crippen molar-refractivity contribution in [2.75, 3.05) is 0 Å². The van der Waals surface area contributed by atoms with Gasteiger partial charge in [0.25, 0.3) is 0 Å². The molecule has 0 fully saturated rings. The first-order chi connectivity index (χ1) is 10.7. The Balaban J connectivity index is 2.70. The maximum Gasteiger partial charge on any atom is 0.323 e. The van der Waals surface area contributed by atoms with Gasteiger partial charge in [0.15, 0.2) is 0 Å². The van der Waals surface area contributed by atoms with Crippen LogP contribution in [-0.2, 0) is 16.0 Å². The Morgan fingerprint density at radius 1 is 1.08 bits per heavy atom. The van der Waals surface area contributed by atoms with Gasteiger partial charge >= 0.3 is 5.97 Å². The molecule has 0 radical (unpaired) electrons. The highest BCUT2D eigenvalue weighted by Crippen LogP contribution is 2.37. The number of esters is 1. The fourth-order valence-electron chi connectivity index (χ4n) is 1.86. The van der Waals surface area contributed by atoms with Crippen molar-refractivity contribution in [3.05, 3.63) is 29.8 Å². The third-order valence-electron chi connectivity index (χ3n) is 4.27. The lowest BCUT2D eigenvalue weighted by Gasteiger charge is -2.36. The molecule has 136 valence electrons. The third-order valence-corrected chi connectivity index (χ3v) is 8.63. The topological polar surface area (TPSA) is 61.5 Å². The fraction of sp³-hybridized carbons (Fsp3) is 0.632. The number of benzene rings is 1. The van der Waals surface area contributed by atoms with Gasteiger partial charge in [-0.05, 0) is 63.0 Å². The molecule has 0 unspecified atom stereocenters. The predicted molar refractivity (Wildman–Crippen MR) is 102 cm³/mol. The molecule has 1 atom stereocenters. The summed E-state index contributed by atoms with van der Waals surface area (Å²) in [6, 6.07) is 7.19. The van der Waals surface area contributed by atoms with Gasteiger partial charge in [0.1, 0.15) is 17.4 Å². The molecule has 0 heterocycles. The highest BCUT2D eigenvalue weighted by atomic mass is 28.4. The molecule has 24 heavy (non-hydrogen) atoms. The number of rotatable bonds is 5. The molecule has 0 aromatic heterocycles. The minimum Gasteiger partial charge on any atom is -0.544 e. The van der Waals surface area contributed by atoms with Crippen molar-refractivity contribution in [2.24, 2.45) is 5.73 Å². The molecule has 0 aliphatic carbocycles. The molecule has 5 heteroatoms. The van der Waals surface area contributed by atoms with Crippen LogP contribution in [0.1, 0.15) is 47.1 Å². The molecule has 0 saturated heterocycles. The first kappa shape index (κ1) is 20.7. The van der Waals surface area contributed by atoms with E-state index in [1.54, 1.807) is 0 Å². The van der Waals surface area contributed by atoms with E-state index >= 15 is 0 Å². The van der Waals surface area contributed by atoms with E-state index in [1.165, 1.54) is 0 Å². The molecule has 0 bridgehead atoms. The third kappa shape index (κ3) is 6.28. The Kier molecular flexibility index (Phi) is 6.28. The predicted octanol–water partition coefficient (Wildman–Crippen LogP) is 4.28. The van der Waals surface area contributed by atoms with Gasteiger partial charge in [-0.3, -0.25) is 4.79 Å². The van der Waals surface area contributed by atoms with Crippen LogP contribution in [0, 0.1) is 0 Å². The monoisotopic (exact) mass is 351 g/mol. The Bertz CT molecular complexity index is 553. The van der Waals surface area contributed by atoms with E-state index in [9.17, 15) is 4.79 Å². The maximum absolute atomic E-state index is 12.0. The number of ether oxygens (including phenoxy) is 1. The molecule has 2 N–H and O–H groups in total. The van der Waals surface area contributed by atoms with Crippen molar-refractivity contribution in [3.63, 3.8) is 0 Å². The van der Waals surface area contributed by atoms with Gasteiger partial charge < -0.3 is 14.9 Å². The van der Waals surface area contributed by atoms with Crippen LogP contribution in [0.25, 0.3) is 0 Å². The van der Waals surface area contributed by atoms with Gasteiger partial charge in [0.05, 0.1) is 0 Å². The molecular formula is C19H33NO3Si. The second-order valence-electron chi connectivity index (χ2n) is 8.85. The lowest BCUT2D eigenvalue weighted by atomic mass is 10.1. The quantitative estimate of drug-likeness (QED) is 0.635. The van der Waals surface area contributed by atoms with Crippen LogP contribution in [0.15, 0.2) is 24.3 Å². The summed E-state index contributed by atoms with van der Waals surface area (Å²) in [4.78, 5) is 12.0. The molecule has 0 amide bonds. The van der Waals surface area contributed by atoms with Gasteiger partial charge in [-0.15, -0.1) is 0 Å². The lowest BCUT2D eigenvalue weighted by Crippen LogP contribution is -2.43. The minimum atomic E-state index is -1.84. The van der Waals surface area contributed by atoms with Crippen molar-refractivity contribution in [1.29, 1.82) is 0 Å². The van der Waals surface area contributed by atoms with Gasteiger partial charge in [0, 0.05) is 0 Å². The van der Waals surface area contributed by atoms with Gasteiger partial charge in [-0.2, -0.15) is 0 Å². The van der Waals surface area contributed by atoms with Crippen LogP contribution in [-0.4, -0.2) is 25.9 Å². The van der Waals surface area contributed by atoms with E-state index in [0.29, 0.717) is 6.42 Å². The van der Waals surface area contributed by atoms with Crippen LogP contribution >= 0.6 is 0 Å². The van der Waals surface area contributed by atoms with E-state index in [1.807, 2.05) is 45.0 Å². The molecular weight excluding hydrogens is 318 g/mol. The Hall–Kier alpha value is -1.33. The molecule has 0 spiro atoms. The van der Waals surface area contributed by atoms with Crippen LogP contribution in [0.5, 0.6) is 5.75 Å². The van der Waals surface area contributed by atoms with E-state index in [4.69, 9.17) is 14.9 Å². The molecule has 1 rings (SSSR count). The molecule has 1 aromatic carbocycles. The zero-order valence-corrected chi connectivity index (χ0v) is 17.4. The molecule has 0 saturated carbocycles. The number of carbonyl (C=O) groups is 1. The van der Waals surface area contributed by atoms with Crippen LogP contribution in [0.4, 0.5) is 0 Å². The van der Waals surface area contributed by atoms with Gasteiger partial charge in [0.2, 0.25) is 8.32 Å². The van der Waals surface area contributed by atoms with Crippen LogP contribution in [0.2, 0.25) is 18.1 Å². The van der Waals surface area contributed by atoms with E-state index in [-0.39, 0.29) is 11.0 Å². The zero-order valence-electron chi connectivity index (χ0n) is 16.4. The van der Waals surface area contributed by atoms with Crippen molar-refractivity contribution in [1.82, 2.24) is 0 Å². The average Bonchev–Trinajstić information content (AvgIpc) is 2.37. The van der Waals surface area contributed by atoms with Gasteiger partial charge in [-0.25, -0.2) is 0 Å². The highest BCUT2D eigenvalue weighted by Gasteiger charge is 2.38. The maximum atomic E-state index is 12.0. The summed E-state index contributed by atoms with van der Waals surface area (Å²) in [7, 11) is -1.84. The zero-order chi connectivity index (χ0) is 18.8. The first-order valence-corrected chi connectivity index (χ1v) is 11.4. The smallest absolute Gasteiger partial charge is 0.323 e. The van der Waals surface area contributed by atoms with E-state index in [2.05, 4.69) is 33.9 Å². The molecule has 1 aromatic rings. The second-order valence-corrected chi connectivity index (χ2v) is 13.6. The second kappa shape index (κ2) is 7.27. The molecule has 0 aliphatic rings. The first-order valence-electron chi connectivity index (χ1n) is 8.48. The van der Waals surface area contributed by atoms with Crippen molar-refractivity contribution >= 4 is 14.3 Å². The van der Waals surface area contributed by atoms with Gasteiger partial charge in [-0.1, -0.05) is 32.9 Å². The van der Waals surface area contributed by atoms with Crippen LogP contribution < -0.4 is 10.2 Å². The molecule has 0 aliphatic heterocycles.